The highest BCUT2D eigenvalue weighted by Gasteiger charge is 2.26. The van der Waals surface area contributed by atoms with Crippen LogP contribution in [0, 0.1) is 0 Å². The van der Waals surface area contributed by atoms with E-state index in [1.807, 2.05) is 31.5 Å². The molecule has 1 amide bonds. The molecule has 0 fully saturated rings. The Morgan fingerprint density at radius 3 is 2.50 bits per heavy atom. The van der Waals surface area contributed by atoms with Crippen molar-refractivity contribution in [1.29, 1.82) is 0 Å². The molecule has 2 heterocycles. The van der Waals surface area contributed by atoms with Crippen molar-refractivity contribution < 1.29 is 17.9 Å². The number of hydrogen-bond acceptors (Lipinski definition) is 5. The maximum atomic E-state index is 12.3. The molecule has 9 nitrogen and oxygen atoms in total. The Balaban J connectivity index is 2.12. The number of amides is 1. The van der Waals surface area contributed by atoms with Crippen molar-refractivity contribution in [3.05, 3.63) is 17.5 Å². The molecule has 1 aromatic rings. The highest BCUT2D eigenvalue weighted by atomic mass is 32.2. The number of aryl methyl sites for hydroxylation is 1. The fourth-order valence-electron chi connectivity index (χ4n) is 2.67. The monoisotopic (exact) mass is 387 g/mol. The summed E-state index contributed by atoms with van der Waals surface area (Å²) in [5, 5.41) is 4.51. The molecular weight excluding hydrogens is 358 g/mol. The first-order valence-electron chi connectivity index (χ1n) is 8.57. The predicted octanol–water partition coefficient (Wildman–Crippen LogP) is 1.26. The van der Waals surface area contributed by atoms with Gasteiger partial charge in [-0.15, -0.1) is 0 Å². The van der Waals surface area contributed by atoms with Gasteiger partial charge in [0.25, 0.3) is 10.2 Å². The van der Waals surface area contributed by atoms with Crippen molar-refractivity contribution in [3.8, 4) is 0 Å². The molecule has 0 N–H and O–H groups in total. The molecule has 0 aromatic carbocycles. The maximum Gasteiger partial charge on any atom is 0.410 e. The first kappa shape index (κ1) is 20.7. The van der Waals surface area contributed by atoms with E-state index >= 15 is 0 Å². The number of rotatable bonds is 4. The van der Waals surface area contributed by atoms with E-state index in [4.69, 9.17) is 4.74 Å². The fourth-order valence-corrected chi connectivity index (χ4v) is 3.52. The quantitative estimate of drug-likeness (QED) is 0.776. The van der Waals surface area contributed by atoms with Gasteiger partial charge in [-0.1, -0.05) is 0 Å². The van der Waals surface area contributed by atoms with Gasteiger partial charge >= 0.3 is 6.09 Å². The lowest BCUT2D eigenvalue weighted by atomic mass is 10.2. The zero-order valence-electron chi connectivity index (χ0n) is 16.4. The van der Waals surface area contributed by atoms with E-state index in [9.17, 15) is 13.2 Å². The lowest BCUT2D eigenvalue weighted by Crippen LogP contribution is -2.37. The van der Waals surface area contributed by atoms with Crippen molar-refractivity contribution in [2.45, 2.75) is 52.4 Å². The third kappa shape index (κ3) is 4.95. The second kappa shape index (κ2) is 7.53. The summed E-state index contributed by atoms with van der Waals surface area (Å²) >= 11 is 0. The first-order chi connectivity index (χ1) is 11.9. The highest BCUT2D eigenvalue weighted by Crippen LogP contribution is 2.18. The fraction of sp³-hybridized carbons (Fsp3) is 0.750. The molecule has 0 spiro atoms. The number of hydrogen-bond donors (Lipinski definition) is 0. The third-order valence-electron chi connectivity index (χ3n) is 3.96. The summed E-state index contributed by atoms with van der Waals surface area (Å²) in [7, 11) is 1.01. The van der Waals surface area contributed by atoms with E-state index in [1.165, 1.54) is 25.4 Å². The summed E-state index contributed by atoms with van der Waals surface area (Å²) in [6.07, 6.45) is 0.417. The summed E-state index contributed by atoms with van der Waals surface area (Å²) in [6, 6.07) is 1.85. The molecule has 0 bridgehead atoms. The van der Waals surface area contributed by atoms with Crippen molar-refractivity contribution in [2.24, 2.45) is 0 Å². The average Bonchev–Trinajstić information content (AvgIpc) is 2.74. The van der Waals surface area contributed by atoms with Gasteiger partial charge in [0.05, 0.1) is 24.5 Å². The molecule has 0 atom stereocenters. The third-order valence-corrected chi connectivity index (χ3v) is 5.80. The summed E-state index contributed by atoms with van der Waals surface area (Å²) < 4.78 is 34.0. The van der Waals surface area contributed by atoms with Gasteiger partial charge in [0, 0.05) is 34.2 Å². The second-order valence-electron chi connectivity index (χ2n) is 7.65. The minimum atomic E-state index is -3.50. The molecule has 0 unspecified atom stereocenters. The van der Waals surface area contributed by atoms with Crippen molar-refractivity contribution in [2.75, 3.05) is 27.7 Å². The van der Waals surface area contributed by atoms with Crippen LogP contribution in [0.25, 0.3) is 0 Å². The topological polar surface area (TPSA) is 88.0 Å². The van der Waals surface area contributed by atoms with Gasteiger partial charge in [0.2, 0.25) is 0 Å². The number of carbonyl (C=O) groups excluding carboxylic acids is 1. The Morgan fingerprint density at radius 2 is 1.92 bits per heavy atom. The van der Waals surface area contributed by atoms with Crippen LogP contribution in [0.4, 0.5) is 4.79 Å². The van der Waals surface area contributed by atoms with Crippen molar-refractivity contribution in [1.82, 2.24) is 23.3 Å². The smallest absolute Gasteiger partial charge is 0.410 e. The zero-order valence-corrected chi connectivity index (χ0v) is 17.2. The molecule has 0 saturated heterocycles. The minimum absolute atomic E-state index is 0.174. The molecule has 1 aromatic heterocycles. The summed E-state index contributed by atoms with van der Waals surface area (Å²) in [4.78, 5) is 14.0. The van der Waals surface area contributed by atoms with Crippen LogP contribution in [-0.4, -0.2) is 71.1 Å². The molecular formula is C16H29N5O4S. The Labute approximate surface area is 155 Å². The Morgan fingerprint density at radius 1 is 1.27 bits per heavy atom. The van der Waals surface area contributed by atoms with Crippen molar-refractivity contribution >= 4 is 16.3 Å². The number of aromatic nitrogens is 2. The van der Waals surface area contributed by atoms with Crippen LogP contribution in [0.2, 0.25) is 0 Å². The average molecular weight is 388 g/mol. The molecule has 0 radical (unpaired) electrons. The number of nitrogens with zero attached hydrogens (tertiary/aromatic N) is 5. The van der Waals surface area contributed by atoms with E-state index in [0.29, 0.717) is 25.3 Å². The molecule has 1 aliphatic heterocycles. The van der Waals surface area contributed by atoms with Gasteiger partial charge in [0.1, 0.15) is 5.60 Å². The molecule has 10 heteroatoms. The standard InChI is InChI=1S/C16H29N5O4S/c1-16(2,3)25-15(22)20-8-7-9-21-14(12-20)10-13(17-21)11-19(6)26(23,24)18(4)5/h10H,7-9,11-12H2,1-6H3. The van der Waals surface area contributed by atoms with E-state index < -0.39 is 15.8 Å². The largest absolute Gasteiger partial charge is 0.444 e. The summed E-state index contributed by atoms with van der Waals surface area (Å²) in [5.74, 6) is 0. The van der Waals surface area contributed by atoms with Gasteiger partial charge in [-0.3, -0.25) is 4.68 Å². The SMILES string of the molecule is CN(C)S(=O)(=O)N(C)Cc1cc2n(n1)CCCN(C(=O)OC(C)(C)C)C2. The van der Waals surface area contributed by atoms with Gasteiger partial charge < -0.3 is 9.64 Å². The molecule has 26 heavy (non-hydrogen) atoms. The molecule has 0 saturated carbocycles. The highest BCUT2D eigenvalue weighted by molar-refractivity contribution is 7.86. The van der Waals surface area contributed by atoms with E-state index in [2.05, 4.69) is 5.10 Å². The van der Waals surface area contributed by atoms with Crippen LogP contribution in [0.5, 0.6) is 0 Å². The van der Waals surface area contributed by atoms with E-state index in [-0.39, 0.29) is 12.6 Å². The maximum absolute atomic E-state index is 12.3. The normalized spacial score (nSPS) is 15.9. The van der Waals surface area contributed by atoms with Gasteiger partial charge in [0.15, 0.2) is 0 Å². The van der Waals surface area contributed by atoms with Gasteiger partial charge in [-0.05, 0) is 33.3 Å². The number of ether oxygens (including phenoxy) is 1. The lowest BCUT2D eigenvalue weighted by Gasteiger charge is -2.26. The second-order valence-corrected chi connectivity index (χ2v) is 9.90. The van der Waals surface area contributed by atoms with E-state index in [1.54, 1.807) is 4.90 Å². The van der Waals surface area contributed by atoms with Crippen LogP contribution >= 0.6 is 0 Å². The van der Waals surface area contributed by atoms with Gasteiger partial charge in [-0.25, -0.2) is 4.79 Å². The van der Waals surface area contributed by atoms with Crippen LogP contribution in [0.1, 0.15) is 38.6 Å². The minimum Gasteiger partial charge on any atom is -0.444 e. The zero-order chi connectivity index (χ0) is 19.7. The van der Waals surface area contributed by atoms with Gasteiger partial charge in [-0.2, -0.15) is 22.1 Å². The lowest BCUT2D eigenvalue weighted by molar-refractivity contribution is 0.0236. The van der Waals surface area contributed by atoms with Crippen LogP contribution < -0.4 is 0 Å². The Hall–Kier alpha value is -1.65. The summed E-state index contributed by atoms with van der Waals surface area (Å²) in [5.41, 5.74) is 0.982. The molecule has 148 valence electrons. The number of carbonyl (C=O) groups is 1. The molecule has 1 aliphatic rings. The Bertz CT molecular complexity index is 751. The van der Waals surface area contributed by atoms with Crippen LogP contribution in [0.3, 0.4) is 0 Å². The van der Waals surface area contributed by atoms with E-state index in [0.717, 1.165) is 16.4 Å². The first-order valence-corrected chi connectivity index (χ1v) is 9.97. The molecule has 0 aliphatic carbocycles. The van der Waals surface area contributed by atoms with Crippen molar-refractivity contribution in [3.63, 3.8) is 0 Å². The Kier molecular flexibility index (Phi) is 5.99. The number of fused-ring (bicyclic) bond motifs is 1. The van der Waals surface area contributed by atoms with Crippen LogP contribution in [-0.2, 0) is 34.6 Å². The molecule has 2 rings (SSSR count). The summed E-state index contributed by atoms with van der Waals surface area (Å²) in [6.45, 7) is 7.37. The predicted molar refractivity (Wildman–Crippen MR) is 97.6 cm³/mol. The van der Waals surface area contributed by atoms with Crippen LogP contribution in [0.15, 0.2) is 6.07 Å².